The third-order valence-corrected chi connectivity index (χ3v) is 7.93. The predicted molar refractivity (Wildman–Crippen MR) is 147 cm³/mol. The molecule has 200 valence electrons. The van der Waals surface area contributed by atoms with Crippen molar-refractivity contribution >= 4 is 38.9 Å². The minimum Gasteiger partial charge on any atom is -0.378 e. The van der Waals surface area contributed by atoms with E-state index in [0.717, 1.165) is 43.4 Å². The minimum absolute atomic E-state index is 0.0299. The van der Waals surface area contributed by atoms with Crippen molar-refractivity contribution in [1.29, 1.82) is 0 Å². The van der Waals surface area contributed by atoms with E-state index < -0.39 is 9.84 Å². The lowest BCUT2D eigenvalue weighted by Crippen LogP contribution is -2.49. The number of hydrogen-bond donors (Lipinski definition) is 1. The van der Waals surface area contributed by atoms with Gasteiger partial charge in [-0.15, -0.1) is 0 Å². The first-order valence-corrected chi connectivity index (χ1v) is 14.6. The van der Waals surface area contributed by atoms with E-state index in [0.29, 0.717) is 32.1 Å². The number of sulfone groups is 1. The molecule has 1 aromatic heterocycles. The third-order valence-electron chi connectivity index (χ3n) is 6.80. The molecule has 2 aliphatic rings. The number of nitrogens with one attached hydrogen (secondary N) is 1. The number of nitrogens with zero attached hydrogens (tertiary/aromatic N) is 5. The Kier molecular flexibility index (Phi) is 7.75. The number of hydrogen-bond acceptors (Lipinski definition) is 9. The average molecular weight is 537 g/mol. The van der Waals surface area contributed by atoms with Crippen molar-refractivity contribution in [3.63, 3.8) is 0 Å². The molecule has 1 amide bonds. The molecule has 2 aromatic carbocycles. The van der Waals surface area contributed by atoms with E-state index in [1.807, 2.05) is 23.1 Å². The van der Waals surface area contributed by atoms with Crippen LogP contribution in [-0.2, 0) is 25.8 Å². The van der Waals surface area contributed by atoms with Gasteiger partial charge in [0.25, 0.3) is 0 Å². The van der Waals surface area contributed by atoms with Gasteiger partial charge >= 0.3 is 0 Å². The van der Waals surface area contributed by atoms with E-state index in [-0.39, 0.29) is 17.2 Å². The van der Waals surface area contributed by atoms with Crippen molar-refractivity contribution in [2.24, 2.45) is 0 Å². The van der Waals surface area contributed by atoms with Crippen molar-refractivity contribution in [2.75, 3.05) is 73.9 Å². The summed E-state index contributed by atoms with van der Waals surface area (Å²) in [5, 5.41) is 3.29. The normalized spacial score (nSPS) is 16.4. The largest absolute Gasteiger partial charge is 0.378 e. The van der Waals surface area contributed by atoms with E-state index in [9.17, 15) is 13.2 Å². The van der Waals surface area contributed by atoms with Gasteiger partial charge in [-0.05, 0) is 48.0 Å². The molecule has 5 rings (SSSR count). The number of carbonyl (C=O) groups excluding carboxylic acids is 1. The maximum absolute atomic E-state index is 12.8. The summed E-state index contributed by atoms with van der Waals surface area (Å²) in [6.07, 6.45) is 3.16. The summed E-state index contributed by atoms with van der Waals surface area (Å²) in [5.41, 5.74) is 2.89. The van der Waals surface area contributed by atoms with Crippen LogP contribution in [0.25, 0.3) is 0 Å². The number of ether oxygens (including phenoxy) is 1. The van der Waals surface area contributed by atoms with E-state index in [2.05, 4.69) is 32.2 Å². The Bertz CT molecular complexity index is 1350. The van der Waals surface area contributed by atoms with Gasteiger partial charge in [-0.25, -0.2) is 13.4 Å². The maximum atomic E-state index is 12.8. The van der Waals surface area contributed by atoms with Crippen LogP contribution in [0.3, 0.4) is 0 Å². The molecule has 0 bridgehead atoms. The van der Waals surface area contributed by atoms with Gasteiger partial charge in [-0.3, -0.25) is 4.79 Å². The highest BCUT2D eigenvalue weighted by Gasteiger charge is 2.22. The Morgan fingerprint density at radius 1 is 0.895 bits per heavy atom. The molecule has 2 saturated heterocycles. The molecule has 0 saturated carbocycles. The minimum atomic E-state index is -3.25. The summed E-state index contributed by atoms with van der Waals surface area (Å²) < 4.78 is 28.7. The van der Waals surface area contributed by atoms with Crippen LogP contribution >= 0.6 is 0 Å². The van der Waals surface area contributed by atoms with Crippen molar-refractivity contribution in [3.8, 4) is 0 Å². The number of rotatable bonds is 7. The highest BCUT2D eigenvalue weighted by molar-refractivity contribution is 7.90. The second kappa shape index (κ2) is 11.4. The van der Waals surface area contributed by atoms with Crippen molar-refractivity contribution in [2.45, 2.75) is 11.3 Å². The van der Waals surface area contributed by atoms with Crippen LogP contribution in [0.2, 0.25) is 0 Å². The molecular formula is C27H32N6O4S. The topological polar surface area (TPSA) is 108 Å². The number of aromatic nitrogens is 2. The zero-order chi connectivity index (χ0) is 26.5. The van der Waals surface area contributed by atoms with E-state index in [4.69, 9.17) is 9.72 Å². The summed E-state index contributed by atoms with van der Waals surface area (Å²) in [6, 6.07) is 16.6. The fourth-order valence-corrected chi connectivity index (χ4v) is 5.25. The van der Waals surface area contributed by atoms with Gasteiger partial charge in [0.15, 0.2) is 9.84 Å². The zero-order valence-corrected chi connectivity index (χ0v) is 22.2. The monoisotopic (exact) mass is 536 g/mol. The zero-order valence-electron chi connectivity index (χ0n) is 21.4. The van der Waals surface area contributed by atoms with Crippen LogP contribution in [0, 0.1) is 0 Å². The van der Waals surface area contributed by atoms with E-state index in [1.165, 1.54) is 11.9 Å². The van der Waals surface area contributed by atoms with Gasteiger partial charge in [0.05, 0.1) is 24.5 Å². The van der Waals surface area contributed by atoms with Crippen LogP contribution < -0.4 is 15.1 Å². The first kappa shape index (κ1) is 25.9. The van der Waals surface area contributed by atoms with Gasteiger partial charge in [0.2, 0.25) is 11.9 Å². The quantitative estimate of drug-likeness (QED) is 0.487. The van der Waals surface area contributed by atoms with Gasteiger partial charge in [-0.2, -0.15) is 4.98 Å². The Morgan fingerprint density at radius 2 is 1.58 bits per heavy atom. The Morgan fingerprint density at radius 3 is 2.24 bits per heavy atom. The molecule has 0 atom stereocenters. The summed E-state index contributed by atoms with van der Waals surface area (Å²) in [6.45, 7) is 5.83. The Labute approximate surface area is 223 Å². The number of piperazine rings is 1. The molecule has 3 aromatic rings. The fourth-order valence-electron chi connectivity index (χ4n) is 4.62. The number of carbonyl (C=O) groups is 1. The lowest BCUT2D eigenvalue weighted by atomic mass is 10.1. The second-order valence-corrected chi connectivity index (χ2v) is 11.5. The molecule has 2 aliphatic heterocycles. The van der Waals surface area contributed by atoms with Crippen molar-refractivity contribution < 1.29 is 17.9 Å². The van der Waals surface area contributed by atoms with Gasteiger partial charge in [0, 0.05) is 63.1 Å². The third kappa shape index (κ3) is 6.40. The van der Waals surface area contributed by atoms with Crippen molar-refractivity contribution in [1.82, 2.24) is 14.9 Å². The molecule has 0 spiro atoms. The maximum Gasteiger partial charge on any atom is 0.229 e. The highest BCUT2D eigenvalue weighted by atomic mass is 32.2. The SMILES string of the molecule is CS(=O)(=O)c1ccc(CC(=O)N2CCN(c3ccnc(Nc4ccc(N5CCOCC5)cc4)n3)CC2)cc1. The molecule has 0 radical (unpaired) electrons. The number of anilines is 4. The van der Waals surface area contributed by atoms with Crippen LogP contribution in [0.5, 0.6) is 0 Å². The smallest absolute Gasteiger partial charge is 0.229 e. The van der Waals surface area contributed by atoms with Gasteiger partial charge < -0.3 is 24.8 Å². The number of amides is 1. The highest BCUT2D eigenvalue weighted by Crippen LogP contribution is 2.22. The summed E-state index contributed by atoms with van der Waals surface area (Å²) >= 11 is 0. The van der Waals surface area contributed by atoms with Gasteiger partial charge in [-0.1, -0.05) is 12.1 Å². The molecule has 0 unspecified atom stereocenters. The van der Waals surface area contributed by atoms with E-state index in [1.54, 1.807) is 30.5 Å². The molecule has 0 aliphatic carbocycles. The summed E-state index contributed by atoms with van der Waals surface area (Å²) in [7, 11) is -3.25. The molecule has 11 heteroatoms. The van der Waals surface area contributed by atoms with Crippen LogP contribution in [0.1, 0.15) is 5.56 Å². The Balaban J connectivity index is 1.14. The second-order valence-electron chi connectivity index (χ2n) is 9.47. The lowest BCUT2D eigenvalue weighted by molar-refractivity contribution is -0.130. The molecular weight excluding hydrogens is 504 g/mol. The fraction of sp³-hybridized carbons (Fsp3) is 0.370. The molecule has 1 N–H and O–H groups in total. The molecule has 10 nitrogen and oxygen atoms in total. The molecule has 2 fully saturated rings. The summed E-state index contributed by atoms with van der Waals surface area (Å²) in [5.74, 6) is 1.37. The molecule has 38 heavy (non-hydrogen) atoms. The van der Waals surface area contributed by atoms with Gasteiger partial charge in [0.1, 0.15) is 5.82 Å². The van der Waals surface area contributed by atoms with Crippen LogP contribution in [0.4, 0.5) is 23.1 Å². The van der Waals surface area contributed by atoms with Crippen molar-refractivity contribution in [3.05, 3.63) is 66.4 Å². The van der Waals surface area contributed by atoms with Crippen LogP contribution in [-0.4, -0.2) is 87.9 Å². The average Bonchev–Trinajstić information content (AvgIpc) is 2.94. The number of morpholine rings is 1. The Hall–Kier alpha value is -3.70. The number of benzene rings is 2. The predicted octanol–water partition coefficient (Wildman–Crippen LogP) is 2.35. The first-order valence-electron chi connectivity index (χ1n) is 12.7. The van der Waals surface area contributed by atoms with Crippen LogP contribution in [0.15, 0.2) is 65.7 Å². The first-order chi connectivity index (χ1) is 18.3. The standard InChI is InChI=1S/C27H32N6O4S/c1-38(35,36)24-8-2-21(3-9-24)20-26(34)33-14-12-32(13-15-33)25-10-11-28-27(30-25)29-22-4-6-23(7-5-22)31-16-18-37-19-17-31/h2-11H,12-20H2,1H3,(H,28,29,30). The summed E-state index contributed by atoms with van der Waals surface area (Å²) in [4.78, 5) is 28.4. The lowest BCUT2D eigenvalue weighted by Gasteiger charge is -2.35. The van der Waals surface area contributed by atoms with E-state index >= 15 is 0 Å². The molecule has 3 heterocycles.